The lowest BCUT2D eigenvalue weighted by atomic mass is 10.2. The Balaban J connectivity index is 2.04. The summed E-state index contributed by atoms with van der Waals surface area (Å²) >= 11 is 0. The molecule has 0 spiro atoms. The summed E-state index contributed by atoms with van der Waals surface area (Å²) in [7, 11) is 0. The number of esters is 1. The Kier molecular flexibility index (Phi) is 5.21. The molecule has 27 heavy (non-hydrogen) atoms. The molecule has 2 aromatic rings. The molecular formula is C16H20N6O5. The van der Waals surface area contributed by atoms with Crippen LogP contribution in [-0.4, -0.2) is 58.1 Å². The van der Waals surface area contributed by atoms with Gasteiger partial charge in [-0.1, -0.05) is 0 Å². The van der Waals surface area contributed by atoms with E-state index in [1.165, 1.54) is 12.3 Å². The summed E-state index contributed by atoms with van der Waals surface area (Å²) in [6.07, 6.45) is 2.41. The van der Waals surface area contributed by atoms with Crippen LogP contribution in [0, 0.1) is 10.1 Å². The molecule has 0 amide bonds. The van der Waals surface area contributed by atoms with Crippen molar-refractivity contribution in [1.82, 2.24) is 14.8 Å². The number of hydrogen-bond acceptors (Lipinski definition) is 9. The molecule has 1 fully saturated rings. The molecule has 1 atom stereocenters. The quantitative estimate of drug-likeness (QED) is 0.462. The highest BCUT2D eigenvalue weighted by atomic mass is 16.6. The van der Waals surface area contributed by atoms with Crippen LogP contribution in [0.1, 0.15) is 24.2 Å². The number of nitrogen functional groups attached to an aromatic ring is 1. The van der Waals surface area contributed by atoms with Gasteiger partial charge in [-0.3, -0.25) is 10.1 Å². The van der Waals surface area contributed by atoms with Gasteiger partial charge in [0.1, 0.15) is 29.1 Å². The van der Waals surface area contributed by atoms with E-state index in [4.69, 9.17) is 15.2 Å². The fraction of sp³-hybridized carbons (Fsp3) is 0.438. The maximum Gasteiger partial charge on any atom is 0.343 e. The topological polar surface area (TPSA) is 139 Å². The minimum atomic E-state index is -0.639. The van der Waals surface area contributed by atoms with Gasteiger partial charge in [0.15, 0.2) is 0 Å². The summed E-state index contributed by atoms with van der Waals surface area (Å²) in [6.45, 7) is 5.53. The van der Waals surface area contributed by atoms with Gasteiger partial charge in [-0.15, -0.1) is 0 Å². The van der Waals surface area contributed by atoms with E-state index in [1.807, 2.05) is 11.8 Å². The lowest BCUT2D eigenvalue weighted by Crippen LogP contribution is -2.41. The number of nitrogens with zero attached hydrogens (tertiary/aromatic N) is 5. The van der Waals surface area contributed by atoms with E-state index in [9.17, 15) is 14.9 Å². The number of nitro groups is 1. The van der Waals surface area contributed by atoms with Gasteiger partial charge in [-0.05, 0) is 13.8 Å². The number of nitrogens with two attached hydrogens (primary N) is 1. The summed E-state index contributed by atoms with van der Waals surface area (Å²) in [6, 6.07) is 1.54. The molecule has 2 N–H and O–H groups in total. The smallest absolute Gasteiger partial charge is 0.343 e. The lowest BCUT2D eigenvalue weighted by molar-refractivity contribution is -0.384. The monoisotopic (exact) mass is 376 g/mol. The second kappa shape index (κ2) is 7.58. The third kappa shape index (κ3) is 3.67. The maximum absolute atomic E-state index is 12.0. The van der Waals surface area contributed by atoms with Crippen molar-refractivity contribution < 1.29 is 19.2 Å². The van der Waals surface area contributed by atoms with Gasteiger partial charge in [0, 0.05) is 19.2 Å². The Labute approximate surface area is 154 Å². The Morgan fingerprint density at radius 2 is 2.30 bits per heavy atom. The average Bonchev–Trinajstić information content (AvgIpc) is 3.02. The Hall–Kier alpha value is -3.21. The van der Waals surface area contributed by atoms with Gasteiger partial charge < -0.3 is 20.1 Å². The van der Waals surface area contributed by atoms with Crippen LogP contribution in [0.5, 0.6) is 0 Å². The van der Waals surface area contributed by atoms with Gasteiger partial charge in [-0.2, -0.15) is 5.10 Å². The van der Waals surface area contributed by atoms with Crippen LogP contribution in [0.2, 0.25) is 0 Å². The zero-order valence-corrected chi connectivity index (χ0v) is 15.0. The number of hydrogen-bond donors (Lipinski definition) is 1. The van der Waals surface area contributed by atoms with Crippen LogP contribution in [-0.2, 0) is 9.47 Å². The number of morpholine rings is 1. The summed E-state index contributed by atoms with van der Waals surface area (Å²) in [5.41, 5.74) is 5.90. The van der Waals surface area contributed by atoms with Gasteiger partial charge in [0.2, 0.25) is 0 Å². The highest BCUT2D eigenvalue weighted by Crippen LogP contribution is 2.29. The predicted octanol–water partition coefficient (Wildman–Crippen LogP) is 1.16. The second-order valence-corrected chi connectivity index (χ2v) is 5.99. The fourth-order valence-corrected chi connectivity index (χ4v) is 2.85. The third-order valence-electron chi connectivity index (χ3n) is 4.14. The molecule has 1 aliphatic rings. The van der Waals surface area contributed by atoms with Crippen molar-refractivity contribution in [2.24, 2.45) is 0 Å². The van der Waals surface area contributed by atoms with E-state index in [0.29, 0.717) is 25.5 Å². The number of rotatable bonds is 5. The van der Waals surface area contributed by atoms with Gasteiger partial charge in [-0.25, -0.2) is 14.5 Å². The first-order chi connectivity index (χ1) is 12.9. The van der Waals surface area contributed by atoms with E-state index in [0.717, 1.165) is 10.9 Å². The fourth-order valence-electron chi connectivity index (χ4n) is 2.85. The van der Waals surface area contributed by atoms with Gasteiger partial charge >= 0.3 is 11.7 Å². The molecule has 1 saturated heterocycles. The molecule has 0 aromatic carbocycles. The number of carbonyl (C=O) groups excluding carboxylic acids is 1. The Morgan fingerprint density at radius 1 is 1.52 bits per heavy atom. The van der Waals surface area contributed by atoms with E-state index >= 15 is 0 Å². The normalized spacial score (nSPS) is 17.0. The first-order valence-electron chi connectivity index (χ1n) is 8.44. The van der Waals surface area contributed by atoms with Crippen LogP contribution in [0.4, 0.5) is 17.3 Å². The standard InChI is InChI=1S/C16H20N6O5/c1-3-26-16(23)11-7-19-21(15(11)17)12-6-14(18-8-13(12)22(24)25)20-4-5-27-10(2)9-20/h6-8,10H,3-5,9,17H2,1-2H3/t10-/m0/s1. The van der Waals surface area contributed by atoms with Crippen molar-refractivity contribution in [3.8, 4) is 5.69 Å². The van der Waals surface area contributed by atoms with E-state index in [2.05, 4.69) is 10.1 Å². The van der Waals surface area contributed by atoms with Crippen molar-refractivity contribution in [2.45, 2.75) is 20.0 Å². The number of pyridine rings is 1. The molecule has 3 heterocycles. The Morgan fingerprint density at radius 3 is 2.96 bits per heavy atom. The van der Waals surface area contributed by atoms with E-state index in [-0.39, 0.29) is 35.5 Å². The Bertz CT molecular complexity index is 867. The molecule has 3 rings (SSSR count). The molecule has 1 aliphatic heterocycles. The zero-order chi connectivity index (χ0) is 19.6. The van der Waals surface area contributed by atoms with Crippen molar-refractivity contribution in [3.05, 3.63) is 34.1 Å². The third-order valence-corrected chi connectivity index (χ3v) is 4.14. The number of anilines is 2. The second-order valence-electron chi connectivity index (χ2n) is 5.99. The molecular weight excluding hydrogens is 356 g/mol. The number of ether oxygens (including phenoxy) is 2. The molecule has 0 bridgehead atoms. The molecule has 0 radical (unpaired) electrons. The summed E-state index contributed by atoms with van der Waals surface area (Å²) in [5, 5.41) is 15.5. The number of aromatic nitrogens is 3. The van der Waals surface area contributed by atoms with Crippen LogP contribution in [0.15, 0.2) is 18.5 Å². The van der Waals surface area contributed by atoms with Crippen LogP contribution in [0.3, 0.4) is 0 Å². The van der Waals surface area contributed by atoms with Crippen molar-refractivity contribution >= 4 is 23.3 Å². The first-order valence-corrected chi connectivity index (χ1v) is 8.44. The molecule has 0 aliphatic carbocycles. The minimum Gasteiger partial charge on any atom is -0.462 e. The van der Waals surface area contributed by atoms with Gasteiger partial charge in [0.25, 0.3) is 0 Å². The molecule has 0 unspecified atom stereocenters. The maximum atomic E-state index is 12.0. The number of carbonyl (C=O) groups is 1. The van der Waals surface area contributed by atoms with Crippen LogP contribution >= 0.6 is 0 Å². The van der Waals surface area contributed by atoms with E-state index in [1.54, 1.807) is 6.92 Å². The molecule has 11 heteroatoms. The summed E-state index contributed by atoms with van der Waals surface area (Å²) in [5.74, 6) is -0.137. The van der Waals surface area contributed by atoms with E-state index < -0.39 is 10.9 Å². The van der Waals surface area contributed by atoms with Crippen molar-refractivity contribution in [3.63, 3.8) is 0 Å². The van der Waals surface area contributed by atoms with Crippen LogP contribution in [0.25, 0.3) is 5.69 Å². The van der Waals surface area contributed by atoms with Crippen molar-refractivity contribution in [2.75, 3.05) is 36.9 Å². The highest BCUT2D eigenvalue weighted by Gasteiger charge is 2.26. The molecule has 0 saturated carbocycles. The molecule has 144 valence electrons. The largest absolute Gasteiger partial charge is 0.462 e. The highest BCUT2D eigenvalue weighted by molar-refractivity contribution is 5.94. The average molecular weight is 376 g/mol. The minimum absolute atomic E-state index is 0.0179. The molecule has 2 aromatic heterocycles. The SMILES string of the molecule is CCOC(=O)c1cnn(-c2cc(N3CCO[C@@H](C)C3)ncc2[N+](=O)[O-])c1N. The molecule has 11 nitrogen and oxygen atoms in total. The van der Waals surface area contributed by atoms with Crippen molar-refractivity contribution in [1.29, 1.82) is 0 Å². The zero-order valence-electron chi connectivity index (χ0n) is 15.0. The summed E-state index contributed by atoms with van der Waals surface area (Å²) < 4.78 is 11.6. The van der Waals surface area contributed by atoms with Gasteiger partial charge in [0.05, 0.1) is 30.4 Å². The predicted molar refractivity (Wildman–Crippen MR) is 96.0 cm³/mol. The summed E-state index contributed by atoms with van der Waals surface area (Å²) in [4.78, 5) is 29.0. The van der Waals surface area contributed by atoms with Crippen LogP contribution < -0.4 is 10.6 Å². The lowest BCUT2D eigenvalue weighted by Gasteiger charge is -2.32. The first kappa shape index (κ1) is 18.6.